The van der Waals surface area contributed by atoms with Crippen molar-refractivity contribution >= 4 is 26.5 Å². The minimum atomic E-state index is -3.36. The molecule has 0 aliphatic rings. The summed E-state index contributed by atoms with van der Waals surface area (Å²) in [6.45, 7) is 0. The molecule has 0 aromatic heterocycles. The monoisotopic (exact) mass is 514 g/mol. The van der Waals surface area contributed by atoms with Crippen LogP contribution < -0.4 is 13.2 Å². The number of hydrogen-bond acceptors (Lipinski definition) is 1. The molecule has 0 atom stereocenters. The predicted octanol–water partition coefficient (Wildman–Crippen LogP) is 5.19. The fourth-order valence-electron chi connectivity index (χ4n) is 4.88. The first kappa shape index (κ1) is 23.1. The van der Waals surface area contributed by atoms with Gasteiger partial charge in [0, 0.05) is 0 Å². The van der Waals surface area contributed by atoms with Crippen molar-refractivity contribution in [1.29, 1.82) is 0 Å². The van der Waals surface area contributed by atoms with Crippen molar-refractivity contribution in [3.05, 3.63) is 174 Å². The molecule has 0 unspecified atom stereocenters. The first-order chi connectivity index (χ1) is 17.2. The van der Waals surface area contributed by atoms with E-state index in [1.54, 1.807) is 0 Å². The van der Waals surface area contributed by atoms with Gasteiger partial charge in [0.05, 0.1) is 0 Å². The molecule has 0 saturated heterocycles. The summed E-state index contributed by atoms with van der Waals surface area (Å²) in [6, 6.07) is 52.3. The fourth-order valence-corrected chi connectivity index (χ4v) is 13.7. The zero-order chi connectivity index (χ0) is 24.0. The van der Waals surface area contributed by atoms with Gasteiger partial charge in [0.15, 0.2) is 0 Å². The second kappa shape index (κ2) is 10.3. The Labute approximate surface area is 210 Å². The molecule has 5 rings (SSSR count). The van der Waals surface area contributed by atoms with Gasteiger partial charge in [-0.1, -0.05) is 0 Å². The summed E-state index contributed by atoms with van der Waals surface area (Å²) in [7, 11) is 0. The number of rotatable bonds is 7. The molecule has 0 fully saturated rings. The van der Waals surface area contributed by atoms with Crippen molar-refractivity contribution in [2.24, 2.45) is 0 Å². The van der Waals surface area contributed by atoms with Crippen LogP contribution in [0.3, 0.4) is 0 Å². The Hall–Kier alpha value is -3.66. The second-order valence-corrected chi connectivity index (χ2v) is 16.5. The van der Waals surface area contributed by atoms with Crippen molar-refractivity contribution in [1.82, 2.24) is 0 Å². The molecule has 0 heterocycles. The predicted molar refractivity (Wildman–Crippen MR) is 149 cm³/mol. The third kappa shape index (κ3) is 4.53. The van der Waals surface area contributed by atoms with Gasteiger partial charge >= 0.3 is 211 Å². The van der Waals surface area contributed by atoms with E-state index in [2.05, 4.69) is 95.9 Å². The summed E-state index contributed by atoms with van der Waals surface area (Å²) < 4.78 is 3.97. The fraction of sp³-hybridized carbons (Fsp3) is 0.0303. The average Bonchev–Trinajstić information content (AvgIpc) is 2.96. The molecule has 0 aliphatic carbocycles. The van der Waals surface area contributed by atoms with E-state index in [4.69, 9.17) is 0 Å². The van der Waals surface area contributed by atoms with E-state index >= 15 is 0 Å². The van der Waals surface area contributed by atoms with Crippen LogP contribution in [-0.2, 0) is 5.60 Å². The van der Waals surface area contributed by atoms with Crippen LogP contribution in [0.1, 0.15) is 11.1 Å². The molecule has 1 N–H and O–H groups in total. The van der Waals surface area contributed by atoms with Crippen molar-refractivity contribution < 1.29 is 5.11 Å². The average molecular weight is 513 g/mol. The summed E-state index contributed by atoms with van der Waals surface area (Å²) in [5.41, 5.74) is 0.457. The van der Waals surface area contributed by atoms with Crippen LogP contribution in [0, 0.1) is 0 Å². The first-order valence-corrected chi connectivity index (χ1v) is 16.3. The molecule has 0 bridgehead atoms. The Morgan fingerprint density at radius 2 is 0.714 bits per heavy atom. The molecular weight excluding hydrogens is 485 g/mol. The molecule has 2 heteroatoms. The normalized spacial score (nSPS) is 12.0. The van der Waals surface area contributed by atoms with Gasteiger partial charge in [-0.2, -0.15) is 0 Å². The van der Waals surface area contributed by atoms with Crippen LogP contribution in [-0.4, -0.2) is 18.4 Å². The summed E-state index contributed by atoms with van der Waals surface area (Å²) >= 11 is -3.36. The Kier molecular flexibility index (Phi) is 6.80. The van der Waals surface area contributed by atoms with Crippen LogP contribution in [0.4, 0.5) is 0 Å². The van der Waals surface area contributed by atoms with Gasteiger partial charge in [0.2, 0.25) is 0 Å². The van der Waals surface area contributed by atoms with E-state index in [0.29, 0.717) is 0 Å². The molecular formula is C33H28GeO. The topological polar surface area (TPSA) is 20.2 Å². The third-order valence-corrected chi connectivity index (χ3v) is 15.9. The number of aliphatic hydroxyl groups is 1. The minimum absolute atomic E-state index is 0.855. The van der Waals surface area contributed by atoms with Crippen LogP contribution in [0.25, 0.3) is 0 Å². The van der Waals surface area contributed by atoms with Crippen molar-refractivity contribution in [3.63, 3.8) is 0 Å². The van der Waals surface area contributed by atoms with Gasteiger partial charge < -0.3 is 0 Å². The Balaban J connectivity index is 1.80. The van der Waals surface area contributed by atoms with E-state index in [-0.39, 0.29) is 0 Å². The standard InChI is InChI=1S/C33H28GeO/c35-33(28-16-6-1-7-17-28,29-18-8-2-9-19-29)26-27-34(30-20-10-3-11-21-30,31-22-12-4-13-23-31)32-24-14-5-15-25-32/h1-27,35H/b27-26+. The summed E-state index contributed by atoms with van der Waals surface area (Å²) in [6.07, 6.45) is 2.05. The maximum atomic E-state index is 12.3. The van der Waals surface area contributed by atoms with Gasteiger partial charge in [0.1, 0.15) is 0 Å². The summed E-state index contributed by atoms with van der Waals surface area (Å²) in [4.78, 5) is 2.36. The van der Waals surface area contributed by atoms with Crippen molar-refractivity contribution in [2.45, 2.75) is 5.60 Å². The maximum absolute atomic E-state index is 12.3. The van der Waals surface area contributed by atoms with Gasteiger partial charge in [-0.05, 0) is 0 Å². The molecule has 5 aromatic rings. The molecule has 0 saturated carbocycles. The van der Waals surface area contributed by atoms with Crippen molar-refractivity contribution in [3.8, 4) is 0 Å². The zero-order valence-corrected chi connectivity index (χ0v) is 21.6. The Morgan fingerprint density at radius 1 is 0.429 bits per heavy atom. The third-order valence-electron chi connectivity index (χ3n) is 6.69. The first-order valence-electron chi connectivity index (χ1n) is 11.9. The van der Waals surface area contributed by atoms with Gasteiger partial charge in [0.25, 0.3) is 0 Å². The molecule has 0 aliphatic heterocycles. The molecule has 0 spiro atoms. The van der Waals surface area contributed by atoms with Crippen LogP contribution >= 0.6 is 0 Å². The van der Waals surface area contributed by atoms with Gasteiger partial charge in [-0.25, -0.2) is 0 Å². The Bertz CT molecular complexity index is 1230. The summed E-state index contributed by atoms with van der Waals surface area (Å²) in [5, 5.41) is 12.3. The van der Waals surface area contributed by atoms with Gasteiger partial charge in [-0.15, -0.1) is 0 Å². The second-order valence-electron chi connectivity index (χ2n) is 8.74. The number of benzene rings is 5. The van der Waals surface area contributed by atoms with E-state index in [0.717, 1.165) is 11.1 Å². The van der Waals surface area contributed by atoms with E-state index in [9.17, 15) is 5.11 Å². The molecule has 170 valence electrons. The van der Waals surface area contributed by atoms with Crippen molar-refractivity contribution in [2.75, 3.05) is 0 Å². The Morgan fingerprint density at radius 3 is 1.03 bits per heavy atom. The van der Waals surface area contributed by atoms with E-state index in [1.165, 1.54) is 13.2 Å². The molecule has 5 aromatic carbocycles. The molecule has 35 heavy (non-hydrogen) atoms. The van der Waals surface area contributed by atoms with Crippen LogP contribution in [0.15, 0.2) is 163 Å². The molecule has 0 amide bonds. The zero-order valence-electron chi connectivity index (χ0n) is 19.5. The van der Waals surface area contributed by atoms with E-state index in [1.807, 2.05) is 66.7 Å². The van der Waals surface area contributed by atoms with Crippen LogP contribution in [0.2, 0.25) is 0 Å². The SMILES string of the molecule is OC(/C=[CH]/[Ge]([c]1ccccc1)([c]1ccccc1)[c]1ccccc1)(c1ccccc1)c1ccccc1. The quantitative estimate of drug-likeness (QED) is 0.298. The molecule has 0 radical (unpaired) electrons. The molecule has 1 nitrogen and oxygen atoms in total. The number of hydrogen-bond donors (Lipinski definition) is 1. The van der Waals surface area contributed by atoms with Crippen LogP contribution in [0.5, 0.6) is 0 Å². The van der Waals surface area contributed by atoms with Gasteiger partial charge in [-0.3, -0.25) is 0 Å². The van der Waals surface area contributed by atoms with E-state index < -0.39 is 18.9 Å². The summed E-state index contributed by atoms with van der Waals surface area (Å²) in [5.74, 6) is 0.